The molecule has 2 aromatic carbocycles. The van der Waals surface area contributed by atoms with Crippen molar-refractivity contribution in [3.05, 3.63) is 63.1 Å². The Kier molecular flexibility index (Phi) is 3.64. The normalized spacial score (nSPS) is 15.6. The van der Waals surface area contributed by atoms with Crippen molar-refractivity contribution in [1.82, 2.24) is 0 Å². The molecule has 4 nitrogen and oxygen atoms in total. The van der Waals surface area contributed by atoms with Gasteiger partial charge in [0.2, 0.25) is 5.78 Å². The van der Waals surface area contributed by atoms with E-state index in [2.05, 4.69) is 0 Å². The fourth-order valence-corrected chi connectivity index (χ4v) is 2.62. The van der Waals surface area contributed by atoms with Crippen molar-refractivity contribution in [3.63, 3.8) is 0 Å². The van der Waals surface area contributed by atoms with E-state index in [0.29, 0.717) is 0 Å². The minimum atomic E-state index is -0.792. The number of benzene rings is 2. The largest absolute Gasteiger partial charge is 0.506 e. The Morgan fingerprint density at radius 2 is 1.82 bits per heavy atom. The monoisotopic (exact) mass is 334 g/mol. The van der Waals surface area contributed by atoms with Crippen LogP contribution in [-0.2, 0) is 4.79 Å². The summed E-state index contributed by atoms with van der Waals surface area (Å²) in [6.07, 6.45) is 1.22. The molecule has 0 saturated carbocycles. The highest BCUT2D eigenvalue weighted by Gasteiger charge is 2.30. The molecule has 1 aliphatic heterocycles. The average molecular weight is 335 g/mol. The third kappa shape index (κ3) is 2.47. The summed E-state index contributed by atoms with van der Waals surface area (Å²) in [6.45, 7) is 0. The number of esters is 1. The van der Waals surface area contributed by atoms with E-state index < -0.39 is 11.8 Å². The van der Waals surface area contributed by atoms with Gasteiger partial charge < -0.3 is 9.84 Å². The molecular formula is C16H8Cl2O4. The van der Waals surface area contributed by atoms with Gasteiger partial charge in [0.15, 0.2) is 0 Å². The van der Waals surface area contributed by atoms with Crippen molar-refractivity contribution in [3.8, 4) is 11.5 Å². The number of fused-ring (bicyclic) bond motifs is 1. The zero-order valence-electron chi connectivity index (χ0n) is 11.0. The van der Waals surface area contributed by atoms with Gasteiger partial charge in [0, 0.05) is 10.6 Å². The molecule has 1 N–H and O–H groups in total. The van der Waals surface area contributed by atoms with Crippen LogP contribution < -0.4 is 4.74 Å². The molecule has 6 heteroatoms. The predicted molar refractivity (Wildman–Crippen MR) is 82.5 cm³/mol. The first kappa shape index (κ1) is 14.6. The van der Waals surface area contributed by atoms with Gasteiger partial charge in [0.25, 0.3) is 0 Å². The highest BCUT2D eigenvalue weighted by atomic mass is 35.5. The molecule has 0 spiro atoms. The molecule has 0 unspecified atom stereocenters. The van der Waals surface area contributed by atoms with Gasteiger partial charge in [-0.1, -0.05) is 35.3 Å². The Bertz CT molecular complexity index is 840. The van der Waals surface area contributed by atoms with Crippen LogP contribution in [0.5, 0.6) is 11.5 Å². The summed E-state index contributed by atoms with van der Waals surface area (Å²) in [5, 5.41) is 10.2. The van der Waals surface area contributed by atoms with E-state index in [4.69, 9.17) is 27.9 Å². The number of carbonyl (C=O) groups is 2. The zero-order valence-corrected chi connectivity index (χ0v) is 12.5. The molecule has 3 rings (SSSR count). The minimum absolute atomic E-state index is 0.0244. The summed E-state index contributed by atoms with van der Waals surface area (Å²) in [6, 6.07) is 9.18. The second-order valence-corrected chi connectivity index (χ2v) is 5.44. The van der Waals surface area contributed by atoms with Gasteiger partial charge in [-0.05, 0) is 30.3 Å². The lowest BCUT2D eigenvalue weighted by Crippen LogP contribution is -2.24. The topological polar surface area (TPSA) is 63.6 Å². The van der Waals surface area contributed by atoms with Crippen LogP contribution in [-0.4, -0.2) is 16.9 Å². The van der Waals surface area contributed by atoms with Crippen LogP contribution in [0.25, 0.3) is 6.08 Å². The SMILES string of the molecule is O=C1Oc2ccccc2C(=O)/C1=C\c1cc(Cl)cc(Cl)c1O. The summed E-state index contributed by atoms with van der Waals surface area (Å²) < 4.78 is 5.11. The fourth-order valence-electron chi connectivity index (χ4n) is 2.11. The second-order valence-electron chi connectivity index (χ2n) is 4.60. The first-order valence-corrected chi connectivity index (χ1v) is 6.98. The lowest BCUT2D eigenvalue weighted by atomic mass is 9.97. The van der Waals surface area contributed by atoms with Gasteiger partial charge in [-0.25, -0.2) is 4.79 Å². The van der Waals surface area contributed by atoms with Crippen molar-refractivity contribution >= 4 is 41.0 Å². The molecule has 0 atom stereocenters. The van der Waals surface area contributed by atoms with Crippen LogP contribution in [0.1, 0.15) is 15.9 Å². The molecule has 22 heavy (non-hydrogen) atoms. The number of phenols is 1. The van der Waals surface area contributed by atoms with E-state index in [1.807, 2.05) is 0 Å². The Hall–Kier alpha value is -2.30. The van der Waals surface area contributed by atoms with Crippen LogP contribution in [0.2, 0.25) is 10.0 Å². The second kappa shape index (κ2) is 5.48. The van der Waals surface area contributed by atoms with E-state index in [1.54, 1.807) is 18.2 Å². The predicted octanol–water partition coefficient (Wildman–Crippen LogP) is 3.88. The summed E-state index contributed by atoms with van der Waals surface area (Å²) in [7, 11) is 0. The van der Waals surface area contributed by atoms with E-state index in [9.17, 15) is 14.7 Å². The van der Waals surface area contributed by atoms with Crippen molar-refractivity contribution in [1.29, 1.82) is 0 Å². The molecule has 2 aromatic rings. The average Bonchev–Trinajstić information content (AvgIpc) is 2.48. The maximum absolute atomic E-state index is 12.4. The Balaban J connectivity index is 2.13. The Morgan fingerprint density at radius 3 is 2.59 bits per heavy atom. The van der Waals surface area contributed by atoms with Crippen molar-refractivity contribution in [2.24, 2.45) is 0 Å². The van der Waals surface area contributed by atoms with Gasteiger partial charge in [-0.15, -0.1) is 0 Å². The summed E-state index contributed by atoms with van der Waals surface area (Å²) >= 11 is 11.7. The third-order valence-electron chi connectivity index (χ3n) is 3.16. The maximum Gasteiger partial charge on any atom is 0.347 e. The molecule has 0 radical (unpaired) electrons. The highest BCUT2D eigenvalue weighted by Crippen LogP contribution is 2.34. The lowest BCUT2D eigenvalue weighted by molar-refractivity contribution is -0.130. The molecule has 0 amide bonds. The van der Waals surface area contributed by atoms with E-state index >= 15 is 0 Å². The van der Waals surface area contributed by atoms with Gasteiger partial charge in [-0.3, -0.25) is 4.79 Å². The molecule has 1 aliphatic rings. The first-order valence-electron chi connectivity index (χ1n) is 6.23. The number of Topliss-reactive ketones (excluding diaryl/α,β-unsaturated/α-hetero) is 1. The first-order chi connectivity index (χ1) is 10.5. The number of para-hydroxylation sites is 1. The number of halogens is 2. The van der Waals surface area contributed by atoms with Gasteiger partial charge in [0.05, 0.1) is 10.6 Å². The number of ether oxygens (including phenoxy) is 1. The minimum Gasteiger partial charge on any atom is -0.506 e. The number of phenolic OH excluding ortho intramolecular Hbond substituents is 1. The number of rotatable bonds is 1. The van der Waals surface area contributed by atoms with Gasteiger partial charge in [-0.2, -0.15) is 0 Å². The summed E-state index contributed by atoms with van der Waals surface area (Å²) in [5.74, 6) is -1.33. The zero-order chi connectivity index (χ0) is 15.9. The quantitative estimate of drug-likeness (QED) is 0.372. The van der Waals surface area contributed by atoms with Crippen LogP contribution in [0.3, 0.4) is 0 Å². The number of aromatic hydroxyl groups is 1. The molecule has 0 aliphatic carbocycles. The van der Waals surface area contributed by atoms with Crippen molar-refractivity contribution in [2.75, 3.05) is 0 Å². The smallest absolute Gasteiger partial charge is 0.347 e. The number of carbonyl (C=O) groups excluding carboxylic acids is 2. The maximum atomic E-state index is 12.4. The number of ketones is 1. The van der Waals surface area contributed by atoms with Crippen LogP contribution in [0, 0.1) is 0 Å². The molecule has 0 fully saturated rings. The fraction of sp³-hybridized carbons (Fsp3) is 0. The molecule has 0 aromatic heterocycles. The van der Waals surface area contributed by atoms with E-state index in [-0.39, 0.29) is 38.2 Å². The standard InChI is InChI=1S/C16H8Cl2O4/c17-9-5-8(14(19)12(18)7-9)6-11-15(20)10-3-1-2-4-13(10)22-16(11)21/h1-7,19H/b11-6+. The molecule has 110 valence electrons. The van der Waals surface area contributed by atoms with E-state index in [0.717, 1.165) is 0 Å². The van der Waals surface area contributed by atoms with Crippen molar-refractivity contribution in [2.45, 2.75) is 0 Å². The molecular weight excluding hydrogens is 327 g/mol. The molecule has 1 heterocycles. The summed E-state index contributed by atoms with van der Waals surface area (Å²) in [4.78, 5) is 24.4. The van der Waals surface area contributed by atoms with Crippen molar-refractivity contribution < 1.29 is 19.4 Å². The van der Waals surface area contributed by atoms with E-state index in [1.165, 1.54) is 24.3 Å². The number of hydrogen-bond donors (Lipinski definition) is 1. The van der Waals surface area contributed by atoms with Gasteiger partial charge >= 0.3 is 5.97 Å². The lowest BCUT2D eigenvalue weighted by Gasteiger charge is -2.16. The third-order valence-corrected chi connectivity index (χ3v) is 3.66. The van der Waals surface area contributed by atoms with Crippen LogP contribution in [0.4, 0.5) is 0 Å². The number of hydrogen-bond acceptors (Lipinski definition) is 4. The van der Waals surface area contributed by atoms with Crippen LogP contribution >= 0.6 is 23.2 Å². The molecule has 0 saturated heterocycles. The Labute approximate surface area is 135 Å². The Morgan fingerprint density at radius 1 is 1.09 bits per heavy atom. The van der Waals surface area contributed by atoms with Crippen LogP contribution in [0.15, 0.2) is 42.0 Å². The molecule has 0 bridgehead atoms. The van der Waals surface area contributed by atoms with Gasteiger partial charge in [0.1, 0.15) is 17.1 Å². The summed E-state index contributed by atoms with van der Waals surface area (Å²) in [5.41, 5.74) is 0.241. The highest BCUT2D eigenvalue weighted by molar-refractivity contribution is 6.36.